The molecular formula is C13H24N+. The van der Waals surface area contributed by atoms with E-state index in [0.717, 1.165) is 0 Å². The summed E-state index contributed by atoms with van der Waals surface area (Å²) < 4.78 is 0. The van der Waals surface area contributed by atoms with Crippen LogP contribution in [0.3, 0.4) is 0 Å². The number of nitrogens with one attached hydrogen (secondary N) is 1. The molecule has 14 heavy (non-hydrogen) atoms. The molecule has 1 aliphatic rings. The minimum atomic E-state index is 1.19. The van der Waals surface area contributed by atoms with Gasteiger partial charge in [-0.15, -0.1) is 0 Å². The number of allylic oxidation sites excluding steroid dienone is 2. The van der Waals surface area contributed by atoms with Gasteiger partial charge in [0.1, 0.15) is 6.54 Å². The van der Waals surface area contributed by atoms with Crippen molar-refractivity contribution >= 4 is 0 Å². The third-order valence-corrected chi connectivity index (χ3v) is 2.77. The molecule has 0 bridgehead atoms. The van der Waals surface area contributed by atoms with Crippen LogP contribution in [0, 0.1) is 0 Å². The van der Waals surface area contributed by atoms with Crippen molar-refractivity contribution in [3.63, 3.8) is 0 Å². The molecule has 0 fully saturated rings. The molecule has 0 amide bonds. The molecule has 0 aliphatic carbocycles. The Bertz CT molecular complexity index is 203. The highest BCUT2D eigenvalue weighted by Gasteiger charge is 2.08. The van der Waals surface area contributed by atoms with E-state index in [9.17, 15) is 0 Å². The lowest BCUT2D eigenvalue weighted by atomic mass is 10.1. The predicted octanol–water partition coefficient (Wildman–Crippen LogP) is 2.32. The normalized spacial score (nSPS) is 21.0. The molecule has 1 heterocycles. The molecule has 1 unspecified atom stereocenters. The maximum atomic E-state index is 2.44. The van der Waals surface area contributed by atoms with Gasteiger partial charge in [0.25, 0.3) is 0 Å². The van der Waals surface area contributed by atoms with Crippen LogP contribution in [0.5, 0.6) is 0 Å². The Kier molecular flexibility index (Phi) is 5.62. The summed E-state index contributed by atoms with van der Waals surface area (Å²) >= 11 is 0. The summed E-state index contributed by atoms with van der Waals surface area (Å²) in [7, 11) is 0. The number of unbranched alkanes of at least 4 members (excludes halogenated alkanes) is 2. The molecule has 0 aromatic rings. The minimum absolute atomic E-state index is 1.19. The van der Waals surface area contributed by atoms with E-state index in [1.54, 1.807) is 10.5 Å². The van der Waals surface area contributed by atoms with Crippen LogP contribution in [-0.2, 0) is 0 Å². The average Bonchev–Trinajstić information content (AvgIpc) is 2.24. The zero-order valence-corrected chi connectivity index (χ0v) is 9.68. The quantitative estimate of drug-likeness (QED) is 0.662. The fourth-order valence-corrected chi connectivity index (χ4v) is 1.85. The van der Waals surface area contributed by atoms with Crippen LogP contribution < -0.4 is 4.90 Å². The van der Waals surface area contributed by atoms with Crippen molar-refractivity contribution in [3.8, 4) is 0 Å². The van der Waals surface area contributed by atoms with Gasteiger partial charge in [0.05, 0.1) is 12.7 Å². The van der Waals surface area contributed by atoms with E-state index in [0.29, 0.717) is 0 Å². The number of quaternary nitrogens is 1. The van der Waals surface area contributed by atoms with Crippen molar-refractivity contribution in [2.75, 3.05) is 13.1 Å². The van der Waals surface area contributed by atoms with Crippen LogP contribution in [0.25, 0.3) is 0 Å². The highest BCUT2D eigenvalue weighted by atomic mass is 15.1. The first kappa shape index (κ1) is 11.5. The number of hydrogen-bond donors (Lipinski definition) is 1. The first-order valence-corrected chi connectivity index (χ1v) is 6.08. The fraction of sp³-hybridized carbons (Fsp3) is 0.692. The lowest BCUT2D eigenvalue weighted by molar-refractivity contribution is -0.841. The summed E-state index contributed by atoms with van der Waals surface area (Å²) in [6.45, 7) is 7.02. The van der Waals surface area contributed by atoms with Gasteiger partial charge in [-0.1, -0.05) is 32.8 Å². The molecule has 0 spiro atoms. The second kappa shape index (κ2) is 6.83. The van der Waals surface area contributed by atoms with Crippen molar-refractivity contribution in [2.24, 2.45) is 0 Å². The van der Waals surface area contributed by atoms with Crippen molar-refractivity contribution in [1.82, 2.24) is 0 Å². The van der Waals surface area contributed by atoms with Crippen LogP contribution in [0.1, 0.15) is 46.0 Å². The molecule has 0 aromatic carbocycles. The molecule has 1 nitrogen and oxygen atoms in total. The fourth-order valence-electron chi connectivity index (χ4n) is 1.85. The zero-order chi connectivity index (χ0) is 10.2. The summed E-state index contributed by atoms with van der Waals surface area (Å²) in [5.41, 5.74) is 1.55. The summed E-state index contributed by atoms with van der Waals surface area (Å²) in [6, 6.07) is 0. The van der Waals surface area contributed by atoms with Crippen molar-refractivity contribution in [1.29, 1.82) is 0 Å². The molecule has 1 N–H and O–H groups in total. The second-order valence-electron chi connectivity index (χ2n) is 4.19. The Balaban J connectivity index is 2.33. The smallest absolute Gasteiger partial charge is 0.100 e. The molecule has 0 saturated heterocycles. The van der Waals surface area contributed by atoms with Crippen molar-refractivity contribution in [2.45, 2.75) is 46.0 Å². The Morgan fingerprint density at radius 3 is 2.71 bits per heavy atom. The average molecular weight is 194 g/mol. The standard InChI is InChI=1S/C13H23N/c1-3-5-8-13-9-7-11-14(12-13)10-6-4-2/h7,9,12H,3-6,8,10-11H2,1-2H3/p+1. The molecule has 1 rings (SSSR count). The highest BCUT2D eigenvalue weighted by Crippen LogP contribution is 2.08. The highest BCUT2D eigenvalue weighted by molar-refractivity contribution is 5.17. The third-order valence-electron chi connectivity index (χ3n) is 2.77. The zero-order valence-electron chi connectivity index (χ0n) is 9.68. The lowest BCUT2D eigenvalue weighted by Crippen LogP contribution is -3.07. The van der Waals surface area contributed by atoms with Gasteiger partial charge in [-0.25, -0.2) is 0 Å². The third kappa shape index (κ3) is 4.10. The van der Waals surface area contributed by atoms with E-state index >= 15 is 0 Å². The number of hydrogen-bond acceptors (Lipinski definition) is 0. The Morgan fingerprint density at radius 1 is 1.21 bits per heavy atom. The minimum Gasteiger partial charge on any atom is -0.305 e. The van der Waals surface area contributed by atoms with Gasteiger partial charge in [0.15, 0.2) is 0 Å². The molecule has 1 heteroatoms. The van der Waals surface area contributed by atoms with E-state index in [-0.39, 0.29) is 0 Å². The van der Waals surface area contributed by atoms with Gasteiger partial charge in [-0.3, -0.25) is 0 Å². The van der Waals surface area contributed by atoms with Crippen LogP contribution in [0.2, 0.25) is 0 Å². The van der Waals surface area contributed by atoms with Crippen LogP contribution >= 0.6 is 0 Å². The van der Waals surface area contributed by atoms with Gasteiger partial charge >= 0.3 is 0 Å². The van der Waals surface area contributed by atoms with E-state index < -0.39 is 0 Å². The number of rotatable bonds is 6. The Morgan fingerprint density at radius 2 is 2.00 bits per heavy atom. The van der Waals surface area contributed by atoms with Gasteiger partial charge in [-0.2, -0.15) is 0 Å². The van der Waals surface area contributed by atoms with Crippen LogP contribution in [0.4, 0.5) is 0 Å². The first-order valence-electron chi connectivity index (χ1n) is 6.08. The van der Waals surface area contributed by atoms with Crippen LogP contribution in [0.15, 0.2) is 23.9 Å². The lowest BCUT2D eigenvalue weighted by Gasteiger charge is -2.17. The van der Waals surface area contributed by atoms with Gasteiger partial charge in [0.2, 0.25) is 0 Å². The summed E-state index contributed by atoms with van der Waals surface area (Å²) in [5.74, 6) is 0. The van der Waals surface area contributed by atoms with Crippen molar-refractivity contribution in [3.05, 3.63) is 23.9 Å². The maximum Gasteiger partial charge on any atom is 0.100 e. The van der Waals surface area contributed by atoms with E-state index in [4.69, 9.17) is 0 Å². The summed E-state index contributed by atoms with van der Waals surface area (Å²) in [4.78, 5) is 1.64. The maximum absolute atomic E-state index is 2.44. The predicted molar refractivity (Wildman–Crippen MR) is 62.4 cm³/mol. The molecule has 0 aromatic heterocycles. The molecule has 0 radical (unpaired) electrons. The van der Waals surface area contributed by atoms with Crippen LogP contribution in [-0.4, -0.2) is 13.1 Å². The van der Waals surface area contributed by atoms with Crippen molar-refractivity contribution < 1.29 is 4.90 Å². The second-order valence-corrected chi connectivity index (χ2v) is 4.19. The van der Waals surface area contributed by atoms with E-state index in [1.807, 2.05) is 0 Å². The Labute approximate surface area is 88.5 Å². The summed E-state index contributed by atoms with van der Waals surface area (Å²) in [6.07, 6.45) is 13.6. The molecular weight excluding hydrogens is 170 g/mol. The molecule has 1 aliphatic heterocycles. The molecule has 0 saturated carbocycles. The Hall–Kier alpha value is -0.560. The largest absolute Gasteiger partial charge is 0.305 e. The van der Waals surface area contributed by atoms with Gasteiger partial charge in [0, 0.05) is 5.57 Å². The monoisotopic (exact) mass is 194 g/mol. The van der Waals surface area contributed by atoms with E-state index in [1.165, 1.54) is 45.2 Å². The topological polar surface area (TPSA) is 4.44 Å². The van der Waals surface area contributed by atoms with E-state index in [2.05, 4.69) is 32.2 Å². The first-order chi connectivity index (χ1) is 6.86. The van der Waals surface area contributed by atoms with Gasteiger partial charge < -0.3 is 4.90 Å². The SMILES string of the molecule is CCCCC1=C[NH+](CCCC)CC=C1. The summed E-state index contributed by atoms with van der Waals surface area (Å²) in [5, 5.41) is 0. The van der Waals surface area contributed by atoms with Gasteiger partial charge in [-0.05, 0) is 25.3 Å². The molecule has 80 valence electrons. The molecule has 1 atom stereocenters.